The Hall–Kier alpha value is -2.75. The summed E-state index contributed by atoms with van der Waals surface area (Å²) in [6, 6.07) is 11.9. The highest BCUT2D eigenvalue weighted by Gasteiger charge is 2.25. The Morgan fingerprint density at radius 1 is 1.07 bits per heavy atom. The molecule has 0 radical (unpaired) electrons. The smallest absolute Gasteiger partial charge is 0.407 e. The predicted octanol–water partition coefficient (Wildman–Crippen LogP) is 1.81. The summed E-state index contributed by atoms with van der Waals surface area (Å²) in [5, 5.41) is 22.6. The van der Waals surface area contributed by atoms with Gasteiger partial charge in [-0.1, -0.05) is 30.3 Å². The second-order valence-corrected chi connectivity index (χ2v) is 6.82. The Bertz CT molecular complexity index is 806. The summed E-state index contributed by atoms with van der Waals surface area (Å²) in [5.41, 5.74) is 0.815. The van der Waals surface area contributed by atoms with E-state index in [-0.39, 0.29) is 29.5 Å². The van der Waals surface area contributed by atoms with Crippen molar-refractivity contribution in [3.63, 3.8) is 0 Å². The summed E-state index contributed by atoms with van der Waals surface area (Å²) in [4.78, 5) is 35.4. The highest BCUT2D eigenvalue weighted by Crippen LogP contribution is 2.26. The van der Waals surface area contributed by atoms with E-state index in [1.807, 2.05) is 18.2 Å². The molecule has 1 aromatic carbocycles. The molecule has 0 aliphatic rings. The molecule has 1 amide bonds. The number of ether oxygens (including phenoxy) is 2. The molecule has 2 atom stereocenters. The molecule has 8 nitrogen and oxygen atoms in total. The van der Waals surface area contributed by atoms with Gasteiger partial charge in [0.15, 0.2) is 0 Å². The fraction of sp³-hybridized carbons (Fsp3) is 0.316. The van der Waals surface area contributed by atoms with Crippen LogP contribution in [0.25, 0.3) is 0 Å². The topological polar surface area (TPSA) is 122 Å². The third kappa shape index (κ3) is 6.15. The number of esters is 1. The van der Waals surface area contributed by atoms with E-state index in [0.29, 0.717) is 0 Å². The maximum Gasteiger partial charge on any atom is 0.407 e. The standard InChI is InChI=1S/C19H21NO7S/c1-2-26-18(24)17(23)15-9-8-14(28-15)16(22)13(21)10-20-19(25)27-11-12-6-4-3-5-7-12/h3-9,13,16,21-22H,2,10-11H2,1H3,(H,20,25). The number of Topliss-reactive ketones (excluding diaryl/α,β-unsaturated/α-hetero) is 1. The van der Waals surface area contributed by atoms with E-state index in [1.54, 1.807) is 19.1 Å². The zero-order chi connectivity index (χ0) is 20.5. The molecular formula is C19H21NO7S. The van der Waals surface area contributed by atoms with E-state index in [4.69, 9.17) is 4.74 Å². The molecule has 0 fully saturated rings. The molecule has 0 saturated heterocycles. The molecule has 0 aliphatic heterocycles. The molecule has 1 aromatic heterocycles. The molecule has 1 heterocycles. The molecule has 0 spiro atoms. The number of carbonyl (C=O) groups is 3. The molecule has 150 valence electrons. The fourth-order valence-electron chi connectivity index (χ4n) is 2.19. The van der Waals surface area contributed by atoms with Crippen LogP contribution >= 0.6 is 11.3 Å². The maximum atomic E-state index is 11.9. The van der Waals surface area contributed by atoms with Crippen LogP contribution in [-0.4, -0.2) is 47.3 Å². The van der Waals surface area contributed by atoms with Crippen molar-refractivity contribution in [3.05, 3.63) is 57.8 Å². The van der Waals surface area contributed by atoms with Crippen molar-refractivity contribution in [3.8, 4) is 0 Å². The molecule has 28 heavy (non-hydrogen) atoms. The van der Waals surface area contributed by atoms with Gasteiger partial charge in [-0.25, -0.2) is 9.59 Å². The summed E-state index contributed by atoms with van der Waals surface area (Å²) < 4.78 is 9.65. The van der Waals surface area contributed by atoms with Gasteiger partial charge in [0.1, 0.15) is 18.8 Å². The number of amides is 1. The van der Waals surface area contributed by atoms with Gasteiger partial charge in [-0.2, -0.15) is 0 Å². The number of aliphatic hydroxyl groups excluding tert-OH is 2. The van der Waals surface area contributed by atoms with Gasteiger partial charge >= 0.3 is 12.1 Å². The van der Waals surface area contributed by atoms with Gasteiger partial charge in [-0.3, -0.25) is 4.79 Å². The first-order valence-corrected chi connectivity index (χ1v) is 9.35. The number of alkyl carbamates (subject to hydrolysis) is 1. The molecule has 0 saturated carbocycles. The monoisotopic (exact) mass is 407 g/mol. The van der Waals surface area contributed by atoms with Crippen LogP contribution in [0, 0.1) is 0 Å². The van der Waals surface area contributed by atoms with Crippen LogP contribution in [0.5, 0.6) is 0 Å². The lowest BCUT2D eigenvalue weighted by Crippen LogP contribution is -2.35. The van der Waals surface area contributed by atoms with E-state index >= 15 is 0 Å². The van der Waals surface area contributed by atoms with Crippen LogP contribution in [0.1, 0.15) is 33.1 Å². The van der Waals surface area contributed by atoms with Gasteiger partial charge in [0.2, 0.25) is 0 Å². The number of carbonyl (C=O) groups excluding carboxylic acids is 3. The van der Waals surface area contributed by atoms with Gasteiger partial charge in [-0.15, -0.1) is 11.3 Å². The van der Waals surface area contributed by atoms with Crippen molar-refractivity contribution < 1.29 is 34.1 Å². The van der Waals surface area contributed by atoms with Gasteiger partial charge in [0, 0.05) is 11.4 Å². The average molecular weight is 407 g/mol. The number of nitrogens with one attached hydrogen (secondary N) is 1. The van der Waals surface area contributed by atoms with Crippen molar-refractivity contribution >= 4 is 29.2 Å². The first kappa shape index (κ1) is 21.5. The predicted molar refractivity (Wildman–Crippen MR) is 101 cm³/mol. The van der Waals surface area contributed by atoms with Crippen molar-refractivity contribution in [2.24, 2.45) is 0 Å². The van der Waals surface area contributed by atoms with Crippen LogP contribution in [0.2, 0.25) is 0 Å². The minimum Gasteiger partial charge on any atom is -0.460 e. The van der Waals surface area contributed by atoms with Gasteiger partial charge < -0.3 is 25.0 Å². The first-order valence-electron chi connectivity index (χ1n) is 8.54. The Morgan fingerprint density at radius 2 is 1.79 bits per heavy atom. The molecule has 2 unspecified atom stereocenters. The third-order valence-corrected chi connectivity index (χ3v) is 4.79. The second kappa shape index (κ2) is 10.5. The van der Waals surface area contributed by atoms with Crippen LogP contribution in [-0.2, 0) is 20.9 Å². The Kier molecular flexibility index (Phi) is 8.12. The summed E-state index contributed by atoms with van der Waals surface area (Å²) in [6.07, 6.45) is -3.41. The van der Waals surface area contributed by atoms with Crippen molar-refractivity contribution in [1.29, 1.82) is 0 Å². The van der Waals surface area contributed by atoms with Crippen LogP contribution in [0.4, 0.5) is 4.79 Å². The Balaban J connectivity index is 1.82. The SMILES string of the molecule is CCOC(=O)C(=O)c1ccc(C(O)C(O)CNC(=O)OCc2ccccc2)s1. The summed E-state index contributed by atoms with van der Waals surface area (Å²) >= 11 is 0.869. The number of aliphatic hydroxyl groups is 2. The minimum absolute atomic E-state index is 0.0789. The van der Waals surface area contributed by atoms with E-state index < -0.39 is 30.1 Å². The van der Waals surface area contributed by atoms with E-state index in [2.05, 4.69) is 10.1 Å². The largest absolute Gasteiger partial charge is 0.460 e. The molecule has 2 aromatic rings. The van der Waals surface area contributed by atoms with Gasteiger partial charge in [0.05, 0.1) is 11.5 Å². The van der Waals surface area contributed by atoms with Crippen molar-refractivity contribution in [2.75, 3.05) is 13.2 Å². The lowest BCUT2D eigenvalue weighted by molar-refractivity contribution is -0.137. The Labute approximate surface area is 165 Å². The number of ketones is 1. The van der Waals surface area contributed by atoms with Crippen LogP contribution in [0.15, 0.2) is 42.5 Å². The molecule has 3 N–H and O–H groups in total. The van der Waals surface area contributed by atoms with Gasteiger partial charge in [-0.05, 0) is 24.6 Å². The van der Waals surface area contributed by atoms with Crippen molar-refractivity contribution in [2.45, 2.75) is 25.7 Å². The summed E-state index contributed by atoms with van der Waals surface area (Å²) in [5.74, 6) is -1.80. The van der Waals surface area contributed by atoms with Crippen LogP contribution in [0.3, 0.4) is 0 Å². The number of hydrogen-bond acceptors (Lipinski definition) is 8. The van der Waals surface area contributed by atoms with Gasteiger partial charge in [0.25, 0.3) is 5.78 Å². The minimum atomic E-state index is -1.34. The third-order valence-electron chi connectivity index (χ3n) is 3.64. The van der Waals surface area contributed by atoms with E-state index in [1.165, 1.54) is 12.1 Å². The highest BCUT2D eigenvalue weighted by atomic mass is 32.1. The second-order valence-electron chi connectivity index (χ2n) is 5.71. The quantitative estimate of drug-likeness (QED) is 0.329. The molecular weight excluding hydrogens is 386 g/mol. The Morgan fingerprint density at radius 3 is 2.46 bits per heavy atom. The number of hydrogen-bond donors (Lipinski definition) is 3. The zero-order valence-corrected chi connectivity index (χ0v) is 16.0. The molecule has 0 bridgehead atoms. The fourth-order valence-corrected chi connectivity index (χ4v) is 3.17. The lowest BCUT2D eigenvalue weighted by Gasteiger charge is -2.17. The summed E-state index contributed by atoms with van der Waals surface area (Å²) in [6.45, 7) is 1.49. The van der Waals surface area contributed by atoms with E-state index in [9.17, 15) is 24.6 Å². The highest BCUT2D eigenvalue weighted by molar-refractivity contribution is 7.14. The number of benzene rings is 1. The zero-order valence-electron chi connectivity index (χ0n) is 15.2. The summed E-state index contributed by atoms with van der Waals surface area (Å²) in [7, 11) is 0. The first-order chi connectivity index (χ1) is 13.4. The normalized spacial score (nSPS) is 12.7. The molecule has 9 heteroatoms. The van der Waals surface area contributed by atoms with E-state index in [0.717, 1.165) is 16.9 Å². The average Bonchev–Trinajstić information content (AvgIpc) is 3.20. The number of rotatable bonds is 9. The molecule has 0 aliphatic carbocycles. The maximum absolute atomic E-state index is 11.9. The van der Waals surface area contributed by atoms with Crippen molar-refractivity contribution in [1.82, 2.24) is 5.32 Å². The molecule has 2 rings (SSSR count). The van der Waals surface area contributed by atoms with Crippen LogP contribution < -0.4 is 5.32 Å². The lowest BCUT2D eigenvalue weighted by atomic mass is 10.1. The number of thiophene rings is 1.